The van der Waals surface area contributed by atoms with Crippen molar-refractivity contribution < 1.29 is 14.3 Å². The van der Waals surface area contributed by atoms with Crippen molar-refractivity contribution in [3.05, 3.63) is 24.3 Å². The van der Waals surface area contributed by atoms with Gasteiger partial charge in [-0.25, -0.2) is 0 Å². The number of ether oxygens (including phenoxy) is 1. The molecule has 0 N–H and O–H groups in total. The Hall–Kier alpha value is -1.62. The lowest BCUT2D eigenvalue weighted by Crippen LogP contribution is -2.46. The van der Waals surface area contributed by atoms with Crippen LogP contribution in [0.4, 0.5) is 5.69 Å². The van der Waals surface area contributed by atoms with Gasteiger partial charge in [-0.15, -0.1) is 11.8 Å². The minimum Gasteiger partial charge on any atom is -0.468 e. The smallest absolute Gasteiger partial charge is 0.316 e. The SMILES string of the molecule is COC(=O)C1C(=O)C2Sc3ccccc3N=C2CC1C. The fourth-order valence-electron chi connectivity index (χ4n) is 2.80. The van der Waals surface area contributed by atoms with Crippen LogP contribution in [0.1, 0.15) is 13.3 Å². The number of rotatable bonds is 1. The molecule has 0 amide bonds. The number of aliphatic imine (C=N–C) groups is 1. The number of Topliss-reactive ketones (excluding diaryl/α,β-unsaturated/α-hetero) is 1. The Morgan fingerprint density at radius 3 is 2.90 bits per heavy atom. The molecule has 0 aromatic heterocycles. The highest BCUT2D eigenvalue weighted by Crippen LogP contribution is 2.43. The van der Waals surface area contributed by atoms with Crippen molar-refractivity contribution in [2.45, 2.75) is 23.5 Å². The van der Waals surface area contributed by atoms with Gasteiger partial charge >= 0.3 is 5.97 Å². The van der Waals surface area contributed by atoms with Crippen molar-refractivity contribution in [1.29, 1.82) is 0 Å². The summed E-state index contributed by atoms with van der Waals surface area (Å²) < 4.78 is 4.77. The first-order valence-corrected chi connectivity index (χ1v) is 7.44. The first kappa shape index (κ1) is 13.4. The summed E-state index contributed by atoms with van der Waals surface area (Å²) in [5, 5.41) is -0.342. The van der Waals surface area contributed by atoms with E-state index >= 15 is 0 Å². The zero-order valence-corrected chi connectivity index (χ0v) is 12.1. The van der Waals surface area contributed by atoms with E-state index in [0.717, 1.165) is 16.3 Å². The fourth-order valence-corrected chi connectivity index (χ4v) is 3.99. The van der Waals surface area contributed by atoms with Crippen LogP contribution in [0, 0.1) is 11.8 Å². The number of hydrogen-bond donors (Lipinski definition) is 0. The molecule has 0 saturated heterocycles. The van der Waals surface area contributed by atoms with Crippen LogP contribution >= 0.6 is 11.8 Å². The molecule has 1 aromatic rings. The van der Waals surface area contributed by atoms with E-state index in [1.165, 1.54) is 18.9 Å². The molecular formula is C15H15NO3S. The number of hydrogen-bond acceptors (Lipinski definition) is 5. The van der Waals surface area contributed by atoms with Crippen LogP contribution in [0.15, 0.2) is 34.2 Å². The van der Waals surface area contributed by atoms with E-state index in [-0.39, 0.29) is 17.0 Å². The van der Waals surface area contributed by atoms with Crippen LogP contribution < -0.4 is 0 Å². The lowest BCUT2D eigenvalue weighted by Gasteiger charge is -2.34. The molecule has 3 atom stereocenters. The van der Waals surface area contributed by atoms with Crippen molar-refractivity contribution in [2.75, 3.05) is 7.11 Å². The van der Waals surface area contributed by atoms with Gasteiger partial charge in [-0.3, -0.25) is 14.6 Å². The minimum atomic E-state index is -0.665. The Morgan fingerprint density at radius 2 is 2.15 bits per heavy atom. The van der Waals surface area contributed by atoms with Gasteiger partial charge in [-0.2, -0.15) is 0 Å². The molecule has 1 fully saturated rings. The molecule has 1 aliphatic heterocycles. The van der Waals surface area contributed by atoms with Crippen molar-refractivity contribution >= 4 is 34.9 Å². The summed E-state index contributed by atoms with van der Waals surface area (Å²) >= 11 is 1.49. The third-order valence-corrected chi connectivity index (χ3v) is 5.14. The van der Waals surface area contributed by atoms with Crippen LogP contribution in [0.5, 0.6) is 0 Å². The van der Waals surface area contributed by atoms with Gasteiger partial charge < -0.3 is 4.74 Å². The molecule has 0 radical (unpaired) electrons. The van der Waals surface area contributed by atoms with E-state index in [9.17, 15) is 9.59 Å². The number of thioether (sulfide) groups is 1. The first-order chi connectivity index (χ1) is 9.61. The van der Waals surface area contributed by atoms with E-state index in [0.29, 0.717) is 6.42 Å². The summed E-state index contributed by atoms with van der Waals surface area (Å²) in [6.45, 7) is 1.91. The number of nitrogens with zero attached hydrogens (tertiary/aromatic N) is 1. The second kappa shape index (κ2) is 5.05. The molecular weight excluding hydrogens is 274 g/mol. The maximum atomic E-state index is 12.6. The molecule has 4 nitrogen and oxygen atoms in total. The lowest BCUT2D eigenvalue weighted by atomic mass is 9.78. The molecule has 20 heavy (non-hydrogen) atoms. The first-order valence-electron chi connectivity index (χ1n) is 6.56. The fraction of sp³-hybridized carbons (Fsp3) is 0.400. The third kappa shape index (κ3) is 2.06. The summed E-state index contributed by atoms with van der Waals surface area (Å²) in [4.78, 5) is 30.0. The Morgan fingerprint density at radius 1 is 1.40 bits per heavy atom. The van der Waals surface area contributed by atoms with E-state index < -0.39 is 11.9 Å². The topological polar surface area (TPSA) is 55.7 Å². The zero-order valence-electron chi connectivity index (χ0n) is 11.3. The minimum absolute atomic E-state index is 0.0594. The van der Waals surface area contributed by atoms with Gasteiger partial charge in [-0.05, 0) is 24.5 Å². The van der Waals surface area contributed by atoms with Crippen molar-refractivity contribution in [3.63, 3.8) is 0 Å². The summed E-state index contributed by atoms with van der Waals surface area (Å²) in [5.41, 5.74) is 1.80. The molecule has 1 aromatic carbocycles. The molecule has 0 bridgehead atoms. The standard InChI is InChI=1S/C15H15NO3S/c1-8-7-10-14(13(17)12(8)15(18)19-2)20-11-6-4-3-5-9(11)16-10/h3-6,8,12,14H,7H2,1-2H3. The van der Waals surface area contributed by atoms with Crippen LogP contribution in [-0.4, -0.2) is 29.8 Å². The van der Waals surface area contributed by atoms with Crippen molar-refractivity contribution in [1.82, 2.24) is 0 Å². The molecule has 1 heterocycles. The number of carbonyl (C=O) groups excluding carboxylic acids is 2. The molecule has 1 aliphatic carbocycles. The third-order valence-electron chi connectivity index (χ3n) is 3.80. The van der Waals surface area contributed by atoms with Crippen LogP contribution in [0.25, 0.3) is 0 Å². The average molecular weight is 289 g/mol. The Labute approximate surface area is 121 Å². The Bertz CT molecular complexity index is 611. The number of para-hydroxylation sites is 1. The zero-order chi connectivity index (χ0) is 14.3. The van der Waals surface area contributed by atoms with Crippen LogP contribution in [-0.2, 0) is 14.3 Å². The monoisotopic (exact) mass is 289 g/mol. The van der Waals surface area contributed by atoms with E-state index in [2.05, 4.69) is 4.99 Å². The molecule has 1 saturated carbocycles. The van der Waals surface area contributed by atoms with E-state index in [1.807, 2.05) is 31.2 Å². The average Bonchev–Trinajstić information content (AvgIpc) is 2.45. The molecule has 3 unspecified atom stereocenters. The van der Waals surface area contributed by atoms with Crippen LogP contribution in [0.3, 0.4) is 0 Å². The van der Waals surface area contributed by atoms with Gasteiger partial charge in [0, 0.05) is 10.6 Å². The Kier molecular flexibility index (Phi) is 3.38. The predicted molar refractivity (Wildman–Crippen MR) is 77.5 cm³/mol. The number of methoxy groups -OCH3 is 1. The van der Waals surface area contributed by atoms with Gasteiger partial charge in [0.05, 0.1) is 12.8 Å². The van der Waals surface area contributed by atoms with E-state index in [1.54, 1.807) is 0 Å². The normalized spacial score (nSPS) is 28.2. The molecule has 2 aliphatic rings. The summed E-state index contributed by atoms with van der Waals surface area (Å²) in [5.74, 6) is -1.23. The van der Waals surface area contributed by atoms with Gasteiger partial charge in [0.1, 0.15) is 11.2 Å². The highest BCUT2D eigenvalue weighted by atomic mass is 32.2. The van der Waals surface area contributed by atoms with Crippen LogP contribution in [0.2, 0.25) is 0 Å². The predicted octanol–water partition coefficient (Wildman–Crippen LogP) is 2.63. The number of fused-ring (bicyclic) bond motifs is 2. The largest absolute Gasteiger partial charge is 0.468 e. The van der Waals surface area contributed by atoms with Gasteiger partial charge in [0.2, 0.25) is 0 Å². The summed E-state index contributed by atoms with van der Waals surface area (Å²) in [7, 11) is 1.33. The second-order valence-corrected chi connectivity index (χ2v) is 6.30. The van der Waals surface area contributed by atoms with Gasteiger partial charge in [0.25, 0.3) is 0 Å². The number of carbonyl (C=O) groups is 2. The maximum Gasteiger partial charge on any atom is 0.316 e. The summed E-state index contributed by atoms with van der Waals surface area (Å²) in [6.07, 6.45) is 0.664. The van der Waals surface area contributed by atoms with Gasteiger partial charge in [0.15, 0.2) is 5.78 Å². The number of ketones is 1. The molecule has 0 spiro atoms. The quantitative estimate of drug-likeness (QED) is 0.589. The number of esters is 1. The molecule has 5 heteroatoms. The van der Waals surface area contributed by atoms with E-state index in [4.69, 9.17) is 4.74 Å². The van der Waals surface area contributed by atoms with Crippen molar-refractivity contribution in [3.8, 4) is 0 Å². The highest BCUT2D eigenvalue weighted by Gasteiger charge is 2.46. The Balaban J connectivity index is 1.97. The summed E-state index contributed by atoms with van der Waals surface area (Å²) in [6, 6.07) is 7.78. The van der Waals surface area contributed by atoms with Crippen molar-refractivity contribution in [2.24, 2.45) is 16.8 Å². The molecule has 3 rings (SSSR count). The van der Waals surface area contributed by atoms with Gasteiger partial charge in [-0.1, -0.05) is 19.1 Å². The lowest BCUT2D eigenvalue weighted by molar-refractivity contribution is -0.151. The molecule has 104 valence electrons. The highest BCUT2D eigenvalue weighted by molar-refractivity contribution is 8.01. The second-order valence-electron chi connectivity index (χ2n) is 5.15. The maximum absolute atomic E-state index is 12.6. The number of benzene rings is 1.